The number of carbonyl (C=O) groups excluding carboxylic acids is 1. The van der Waals surface area contributed by atoms with E-state index in [0.717, 1.165) is 25.9 Å². The minimum Gasteiger partial charge on any atom is -0.480 e. The summed E-state index contributed by atoms with van der Waals surface area (Å²) < 4.78 is 18.7. The minimum absolute atomic E-state index is 0.0910. The smallest absolute Gasteiger partial charge is 0.272 e. The molecule has 0 bridgehead atoms. The van der Waals surface area contributed by atoms with E-state index in [1.165, 1.54) is 13.2 Å². The third-order valence-corrected chi connectivity index (χ3v) is 4.36. The third kappa shape index (κ3) is 4.51. The zero-order valence-electron chi connectivity index (χ0n) is 14.1. The first kappa shape index (κ1) is 17.3. The van der Waals surface area contributed by atoms with E-state index in [1.54, 1.807) is 18.2 Å². The lowest BCUT2D eigenvalue weighted by atomic mass is 10.0. The molecule has 0 atom stereocenters. The molecular formula is C18H21FN4O2. The number of halogens is 1. The van der Waals surface area contributed by atoms with Gasteiger partial charge in [0.1, 0.15) is 5.82 Å². The van der Waals surface area contributed by atoms with Gasteiger partial charge >= 0.3 is 0 Å². The number of carbonyl (C=O) groups is 1. The summed E-state index contributed by atoms with van der Waals surface area (Å²) in [6.07, 6.45) is 1.65. The fourth-order valence-corrected chi connectivity index (χ4v) is 2.91. The summed E-state index contributed by atoms with van der Waals surface area (Å²) in [6, 6.07) is 10.1. The Morgan fingerprint density at radius 1 is 1.24 bits per heavy atom. The summed E-state index contributed by atoms with van der Waals surface area (Å²) >= 11 is 0. The predicted molar refractivity (Wildman–Crippen MR) is 90.7 cm³/mol. The summed E-state index contributed by atoms with van der Waals surface area (Å²) in [6.45, 7) is 2.22. The second-order valence-corrected chi connectivity index (χ2v) is 6.08. The minimum atomic E-state index is -0.234. The summed E-state index contributed by atoms with van der Waals surface area (Å²) in [4.78, 5) is 14.4. The van der Waals surface area contributed by atoms with Gasteiger partial charge in [-0.05, 0) is 25.0 Å². The molecule has 2 aromatic rings. The topological polar surface area (TPSA) is 67.3 Å². The van der Waals surface area contributed by atoms with Crippen molar-refractivity contribution in [1.29, 1.82) is 0 Å². The first-order valence-electron chi connectivity index (χ1n) is 8.30. The highest BCUT2D eigenvalue weighted by Gasteiger charge is 2.22. The number of likely N-dealkylation sites (tertiary alicyclic amines) is 1. The Bertz CT molecular complexity index is 715. The standard InChI is InChI=1S/C18H21FN4O2/c1-25-17-7-6-16(21-22-17)18(24)20-14-8-10-23(11-9-14)12-13-4-2-3-5-15(13)19/h2-7,14H,8-12H2,1H3,(H,20,24). The van der Waals surface area contributed by atoms with E-state index in [9.17, 15) is 9.18 Å². The highest BCUT2D eigenvalue weighted by molar-refractivity contribution is 5.92. The molecule has 6 nitrogen and oxygen atoms in total. The van der Waals surface area contributed by atoms with Gasteiger partial charge in [-0.2, -0.15) is 0 Å². The van der Waals surface area contributed by atoms with Crippen LogP contribution in [0.3, 0.4) is 0 Å². The molecule has 1 N–H and O–H groups in total. The van der Waals surface area contributed by atoms with Gasteiger partial charge < -0.3 is 10.1 Å². The molecular weight excluding hydrogens is 323 g/mol. The Balaban J connectivity index is 1.48. The van der Waals surface area contributed by atoms with Crippen LogP contribution in [0.4, 0.5) is 4.39 Å². The number of hydrogen-bond acceptors (Lipinski definition) is 5. The quantitative estimate of drug-likeness (QED) is 0.899. The lowest BCUT2D eigenvalue weighted by Crippen LogP contribution is -2.44. The maximum absolute atomic E-state index is 13.7. The molecule has 0 aliphatic carbocycles. The van der Waals surface area contributed by atoms with E-state index in [2.05, 4.69) is 20.4 Å². The van der Waals surface area contributed by atoms with Crippen molar-refractivity contribution in [3.8, 4) is 5.88 Å². The second-order valence-electron chi connectivity index (χ2n) is 6.08. The Hall–Kier alpha value is -2.54. The number of rotatable bonds is 5. The molecule has 1 amide bonds. The van der Waals surface area contributed by atoms with Crippen LogP contribution in [-0.4, -0.2) is 47.2 Å². The number of ether oxygens (including phenoxy) is 1. The summed E-state index contributed by atoms with van der Waals surface area (Å²) in [5.41, 5.74) is 0.980. The van der Waals surface area contributed by atoms with Crippen molar-refractivity contribution in [3.05, 3.63) is 53.5 Å². The fourth-order valence-electron chi connectivity index (χ4n) is 2.91. The number of amides is 1. The molecule has 1 aliphatic rings. The monoisotopic (exact) mass is 344 g/mol. The van der Waals surface area contributed by atoms with Crippen LogP contribution in [0.1, 0.15) is 28.9 Å². The molecule has 7 heteroatoms. The average Bonchev–Trinajstić information content (AvgIpc) is 2.65. The second kappa shape index (κ2) is 8.02. The number of nitrogens with zero attached hydrogens (tertiary/aromatic N) is 3. The van der Waals surface area contributed by atoms with E-state index in [1.807, 2.05) is 12.1 Å². The number of hydrogen-bond donors (Lipinski definition) is 1. The molecule has 1 saturated heterocycles. The molecule has 1 aliphatic heterocycles. The van der Waals surface area contributed by atoms with Crippen LogP contribution < -0.4 is 10.1 Å². The Labute approximate surface area is 146 Å². The lowest BCUT2D eigenvalue weighted by Gasteiger charge is -2.32. The van der Waals surface area contributed by atoms with Crippen molar-refractivity contribution in [1.82, 2.24) is 20.4 Å². The molecule has 25 heavy (non-hydrogen) atoms. The van der Waals surface area contributed by atoms with Crippen LogP contribution in [0, 0.1) is 5.82 Å². The highest BCUT2D eigenvalue weighted by Crippen LogP contribution is 2.16. The van der Waals surface area contributed by atoms with Crippen molar-refractivity contribution in [2.24, 2.45) is 0 Å². The molecule has 0 saturated carbocycles. The van der Waals surface area contributed by atoms with E-state index in [4.69, 9.17) is 4.74 Å². The Morgan fingerprint density at radius 2 is 2.00 bits per heavy atom. The summed E-state index contributed by atoms with van der Waals surface area (Å²) in [5, 5.41) is 10.6. The van der Waals surface area contributed by atoms with E-state index in [-0.39, 0.29) is 23.5 Å². The normalized spacial score (nSPS) is 15.8. The van der Waals surface area contributed by atoms with Crippen molar-refractivity contribution < 1.29 is 13.9 Å². The molecule has 0 radical (unpaired) electrons. The number of nitrogens with one attached hydrogen (secondary N) is 1. The maximum atomic E-state index is 13.7. The van der Waals surface area contributed by atoms with Crippen molar-refractivity contribution in [2.75, 3.05) is 20.2 Å². The number of piperidine rings is 1. The van der Waals surface area contributed by atoms with Crippen LogP contribution in [-0.2, 0) is 6.54 Å². The average molecular weight is 344 g/mol. The molecule has 1 aromatic carbocycles. The van der Waals surface area contributed by atoms with Gasteiger partial charge in [-0.3, -0.25) is 9.69 Å². The van der Waals surface area contributed by atoms with Gasteiger partial charge in [0.2, 0.25) is 5.88 Å². The predicted octanol–water partition coefficient (Wildman–Crippen LogP) is 2.02. The molecule has 132 valence electrons. The fraction of sp³-hybridized carbons (Fsp3) is 0.389. The van der Waals surface area contributed by atoms with Crippen molar-refractivity contribution >= 4 is 5.91 Å². The Morgan fingerprint density at radius 3 is 2.64 bits per heavy atom. The summed E-state index contributed by atoms with van der Waals surface area (Å²) in [7, 11) is 1.50. The van der Waals surface area contributed by atoms with Crippen LogP contribution in [0.2, 0.25) is 0 Å². The molecule has 1 aromatic heterocycles. The van der Waals surface area contributed by atoms with Gasteiger partial charge in [0.05, 0.1) is 7.11 Å². The first-order valence-corrected chi connectivity index (χ1v) is 8.30. The first-order chi connectivity index (χ1) is 12.2. The van der Waals surface area contributed by atoms with E-state index < -0.39 is 0 Å². The SMILES string of the molecule is COc1ccc(C(=O)NC2CCN(Cc3ccccc3F)CC2)nn1. The van der Waals surface area contributed by atoms with Crippen LogP contribution in [0.15, 0.2) is 36.4 Å². The van der Waals surface area contributed by atoms with Gasteiger partial charge in [-0.25, -0.2) is 4.39 Å². The third-order valence-electron chi connectivity index (χ3n) is 4.36. The van der Waals surface area contributed by atoms with Crippen LogP contribution >= 0.6 is 0 Å². The van der Waals surface area contributed by atoms with Gasteiger partial charge in [0.15, 0.2) is 5.69 Å². The molecule has 1 fully saturated rings. The van der Waals surface area contributed by atoms with Gasteiger partial charge in [0.25, 0.3) is 5.91 Å². The molecule has 3 rings (SSSR count). The number of methoxy groups -OCH3 is 1. The lowest BCUT2D eigenvalue weighted by molar-refractivity contribution is 0.0902. The van der Waals surface area contributed by atoms with E-state index >= 15 is 0 Å². The van der Waals surface area contributed by atoms with Crippen molar-refractivity contribution in [3.63, 3.8) is 0 Å². The molecule has 0 unspecified atom stereocenters. The molecule has 0 spiro atoms. The zero-order chi connectivity index (χ0) is 17.6. The van der Waals surface area contributed by atoms with E-state index in [0.29, 0.717) is 18.0 Å². The zero-order valence-corrected chi connectivity index (χ0v) is 14.1. The van der Waals surface area contributed by atoms with Gasteiger partial charge in [0, 0.05) is 37.3 Å². The van der Waals surface area contributed by atoms with Gasteiger partial charge in [-0.1, -0.05) is 18.2 Å². The van der Waals surface area contributed by atoms with Crippen LogP contribution in [0.25, 0.3) is 0 Å². The highest BCUT2D eigenvalue weighted by atomic mass is 19.1. The summed E-state index contributed by atoms with van der Waals surface area (Å²) in [5.74, 6) is -0.0308. The number of benzene rings is 1. The number of aromatic nitrogens is 2. The van der Waals surface area contributed by atoms with Crippen molar-refractivity contribution in [2.45, 2.75) is 25.4 Å². The van der Waals surface area contributed by atoms with Gasteiger partial charge in [-0.15, -0.1) is 10.2 Å². The Kier molecular flexibility index (Phi) is 5.55. The molecule has 2 heterocycles. The maximum Gasteiger partial charge on any atom is 0.272 e. The van der Waals surface area contributed by atoms with Crippen LogP contribution in [0.5, 0.6) is 5.88 Å². The largest absolute Gasteiger partial charge is 0.480 e.